The van der Waals surface area contributed by atoms with Gasteiger partial charge in [-0.25, -0.2) is 4.98 Å². The van der Waals surface area contributed by atoms with Crippen LogP contribution in [0.25, 0.3) is 0 Å². The van der Waals surface area contributed by atoms with Crippen LogP contribution in [0.5, 0.6) is 17.2 Å². The van der Waals surface area contributed by atoms with Crippen LogP contribution in [0, 0.1) is 10.1 Å². The Kier molecular flexibility index (Phi) is 9.16. The van der Waals surface area contributed by atoms with Crippen molar-refractivity contribution in [1.29, 1.82) is 0 Å². The molecule has 0 radical (unpaired) electrons. The number of non-ortho nitro benzene ring substituents is 1. The predicted octanol–water partition coefficient (Wildman–Crippen LogP) is 3.61. The Morgan fingerprint density at radius 3 is 2.07 bits per heavy atom. The van der Waals surface area contributed by atoms with Crippen molar-refractivity contribution in [1.82, 2.24) is 9.97 Å². The van der Waals surface area contributed by atoms with Crippen LogP contribution in [0.1, 0.15) is 11.1 Å². The number of nitrogen functional groups attached to an aromatic ring is 2. The van der Waals surface area contributed by atoms with Crippen LogP contribution in [0.3, 0.4) is 0 Å². The normalized spacial score (nSPS) is 11.5. The van der Waals surface area contributed by atoms with Crippen LogP contribution in [-0.2, 0) is 17.5 Å². The quantitative estimate of drug-likeness (QED) is 0.141. The summed E-state index contributed by atoms with van der Waals surface area (Å²) < 4.78 is 39.9. The molecule has 1 atom stereocenters. The van der Waals surface area contributed by atoms with Crippen molar-refractivity contribution < 1.29 is 27.9 Å². The fourth-order valence-electron chi connectivity index (χ4n) is 4.11. The molecule has 4 aromatic rings. The van der Waals surface area contributed by atoms with Crippen molar-refractivity contribution in [3.8, 4) is 17.2 Å². The molecule has 14 heteroatoms. The summed E-state index contributed by atoms with van der Waals surface area (Å²) in [5, 5.41) is 11.1. The zero-order valence-corrected chi connectivity index (χ0v) is 23.0. The van der Waals surface area contributed by atoms with Gasteiger partial charge in [0, 0.05) is 46.6 Å². The summed E-state index contributed by atoms with van der Waals surface area (Å²) in [7, 11) is 3.02. The van der Waals surface area contributed by atoms with Gasteiger partial charge >= 0.3 is 0 Å². The van der Waals surface area contributed by atoms with E-state index >= 15 is 0 Å². The monoisotopic (exact) mass is 579 g/mol. The Morgan fingerprint density at radius 2 is 1.56 bits per heavy atom. The van der Waals surface area contributed by atoms with Gasteiger partial charge in [-0.3, -0.25) is 14.3 Å². The number of nitrogens with two attached hydrogens (primary N) is 2. The summed E-state index contributed by atoms with van der Waals surface area (Å²) in [4.78, 5) is 20.6. The molecule has 1 aromatic heterocycles. The molecule has 3 aromatic carbocycles. The Morgan fingerprint density at radius 1 is 0.976 bits per heavy atom. The van der Waals surface area contributed by atoms with Crippen LogP contribution < -0.4 is 30.6 Å². The number of hydrogen-bond acceptors (Lipinski definition) is 12. The van der Waals surface area contributed by atoms with E-state index in [0.29, 0.717) is 47.2 Å². The van der Waals surface area contributed by atoms with Crippen molar-refractivity contribution in [2.24, 2.45) is 0 Å². The van der Waals surface area contributed by atoms with Crippen LogP contribution in [-0.4, -0.2) is 51.0 Å². The number of aromatic nitrogens is 2. The van der Waals surface area contributed by atoms with Crippen LogP contribution in [0.15, 0.2) is 71.8 Å². The Hall–Kier alpha value is -4.95. The first-order valence-electron chi connectivity index (χ1n) is 12.2. The van der Waals surface area contributed by atoms with Crippen molar-refractivity contribution in [3.63, 3.8) is 0 Å². The lowest BCUT2D eigenvalue weighted by Gasteiger charge is -2.26. The molecule has 41 heavy (non-hydrogen) atoms. The van der Waals surface area contributed by atoms with Crippen molar-refractivity contribution in [2.45, 2.75) is 11.3 Å². The second kappa shape index (κ2) is 12.9. The van der Waals surface area contributed by atoms with Crippen LogP contribution >= 0.6 is 0 Å². The molecular formula is C27H27N6O7S-. The highest BCUT2D eigenvalue weighted by Crippen LogP contribution is 2.39. The number of nitro benzene ring substituents is 1. The Balaban J connectivity index is 1.58. The minimum Gasteiger partial charge on any atom is -0.768 e. The molecule has 0 aliphatic carbocycles. The van der Waals surface area contributed by atoms with Gasteiger partial charge in [-0.05, 0) is 65.2 Å². The third kappa shape index (κ3) is 6.98. The van der Waals surface area contributed by atoms with Gasteiger partial charge in [0.05, 0.1) is 25.7 Å². The molecule has 0 saturated carbocycles. The molecule has 13 nitrogen and oxygen atoms in total. The fourth-order valence-corrected chi connectivity index (χ4v) is 4.46. The average molecular weight is 580 g/mol. The third-order valence-corrected chi connectivity index (χ3v) is 6.76. The molecular weight excluding hydrogens is 552 g/mol. The zero-order valence-electron chi connectivity index (χ0n) is 22.2. The summed E-state index contributed by atoms with van der Waals surface area (Å²) in [6.07, 6.45) is 1.96. The van der Waals surface area contributed by atoms with E-state index < -0.39 is 16.0 Å². The maximum absolute atomic E-state index is 11.3. The summed E-state index contributed by atoms with van der Waals surface area (Å²) in [6, 6.07) is 15.8. The van der Waals surface area contributed by atoms with E-state index in [9.17, 15) is 18.9 Å². The highest BCUT2D eigenvalue weighted by Gasteiger charge is 2.18. The molecule has 0 bridgehead atoms. The smallest absolute Gasteiger partial charge is 0.269 e. The predicted molar refractivity (Wildman–Crippen MR) is 152 cm³/mol. The first-order chi connectivity index (χ1) is 19.7. The Bertz CT molecular complexity index is 1470. The fraction of sp³-hybridized carbons (Fsp3) is 0.185. The number of nitro groups is 1. The number of anilines is 4. The summed E-state index contributed by atoms with van der Waals surface area (Å²) in [5.41, 5.74) is 14.3. The lowest BCUT2D eigenvalue weighted by atomic mass is 10.1. The van der Waals surface area contributed by atoms with Gasteiger partial charge in [0.2, 0.25) is 11.7 Å². The number of nitrogens with zero attached hydrogens (tertiary/aromatic N) is 4. The van der Waals surface area contributed by atoms with Crippen molar-refractivity contribution in [3.05, 3.63) is 88.1 Å². The molecule has 1 heterocycles. The number of hydrogen-bond donors (Lipinski definition) is 2. The van der Waals surface area contributed by atoms with Gasteiger partial charge in [0.25, 0.3) is 5.69 Å². The third-order valence-electron chi connectivity index (χ3n) is 6.11. The van der Waals surface area contributed by atoms with E-state index in [-0.39, 0.29) is 29.0 Å². The van der Waals surface area contributed by atoms with E-state index in [2.05, 4.69) is 9.97 Å². The molecule has 0 amide bonds. The largest absolute Gasteiger partial charge is 0.768 e. The molecule has 4 rings (SSSR count). The number of rotatable bonds is 12. The SMILES string of the molecule is COc1cc(Cc2cnc(N)nc2N)cc(OC)c1OCCN(c1ccc([N+](=O)[O-])cc1)c1ccc(S(=O)[O-])cc1. The van der Waals surface area contributed by atoms with Gasteiger partial charge < -0.3 is 35.1 Å². The van der Waals surface area contributed by atoms with Gasteiger partial charge in [0.1, 0.15) is 12.4 Å². The topological polar surface area (TPSA) is 192 Å². The van der Waals surface area contributed by atoms with E-state index in [4.69, 9.17) is 25.7 Å². The maximum Gasteiger partial charge on any atom is 0.269 e. The molecule has 0 saturated heterocycles. The minimum absolute atomic E-state index is 0.0519. The molecule has 1 unspecified atom stereocenters. The average Bonchev–Trinajstić information content (AvgIpc) is 2.97. The summed E-state index contributed by atoms with van der Waals surface area (Å²) in [5.74, 6) is 1.60. The van der Waals surface area contributed by atoms with Crippen molar-refractivity contribution in [2.75, 3.05) is 43.7 Å². The molecule has 0 aliphatic heterocycles. The summed E-state index contributed by atoms with van der Waals surface area (Å²) >= 11 is -2.37. The second-order valence-corrected chi connectivity index (χ2v) is 9.59. The maximum atomic E-state index is 11.3. The van der Waals surface area contributed by atoms with Gasteiger partial charge in [-0.2, -0.15) is 4.98 Å². The highest BCUT2D eigenvalue weighted by atomic mass is 32.2. The van der Waals surface area contributed by atoms with Crippen LogP contribution in [0.2, 0.25) is 0 Å². The van der Waals surface area contributed by atoms with Crippen molar-refractivity contribution >= 4 is 39.9 Å². The van der Waals surface area contributed by atoms with E-state index in [1.54, 1.807) is 42.6 Å². The van der Waals surface area contributed by atoms with Gasteiger partial charge in [-0.15, -0.1) is 0 Å². The molecule has 0 spiro atoms. The molecule has 4 N–H and O–H groups in total. The second-order valence-electron chi connectivity index (χ2n) is 8.65. The highest BCUT2D eigenvalue weighted by molar-refractivity contribution is 7.79. The first kappa shape index (κ1) is 29.0. The Labute approximate surface area is 238 Å². The molecule has 0 fully saturated rings. The first-order valence-corrected chi connectivity index (χ1v) is 13.2. The lowest BCUT2D eigenvalue weighted by Crippen LogP contribution is -2.24. The van der Waals surface area contributed by atoms with Gasteiger partial charge in [-0.1, -0.05) is 0 Å². The zero-order chi connectivity index (χ0) is 29.5. The number of methoxy groups -OCH3 is 2. The standard InChI is InChI=1S/C27H28N6O7S/c1-38-23-14-17(13-18-16-30-27(29)31-26(18)28)15-24(39-2)25(23)40-12-11-32(19-3-5-21(6-4-19)33(34)35)20-7-9-22(10-8-20)41(36)37/h3-10,14-16H,11-13H2,1-2H3,(H,36,37)(H4,28,29,30,31)/p-1. The minimum atomic E-state index is -2.37. The number of benzene rings is 3. The van der Waals surface area contributed by atoms with E-state index in [1.165, 1.54) is 38.5 Å². The molecule has 0 aliphatic rings. The van der Waals surface area contributed by atoms with E-state index in [0.717, 1.165) is 5.56 Å². The number of ether oxygens (including phenoxy) is 3. The summed E-state index contributed by atoms with van der Waals surface area (Å²) in [6.45, 7) is 0.446. The van der Waals surface area contributed by atoms with E-state index in [1.807, 2.05) is 4.90 Å². The lowest BCUT2D eigenvalue weighted by molar-refractivity contribution is -0.384. The molecule has 214 valence electrons. The van der Waals surface area contributed by atoms with Crippen LogP contribution in [0.4, 0.5) is 28.8 Å². The van der Waals surface area contributed by atoms with Gasteiger partial charge in [0.15, 0.2) is 11.5 Å².